The Morgan fingerprint density at radius 2 is 2.16 bits per heavy atom. The lowest BCUT2D eigenvalue weighted by Crippen LogP contribution is -2.27. The first-order valence-electron chi connectivity index (χ1n) is 5.29. The van der Waals surface area contributed by atoms with Crippen molar-refractivity contribution in [1.29, 1.82) is 0 Å². The molecular weight excluding hydrogens is 292 g/mol. The van der Waals surface area contributed by atoms with Crippen molar-refractivity contribution < 1.29 is 8.42 Å². The standard InChI is InChI=1S/C10H11ClN4O3S/c1-6(7-3-13-14-4-7)15-19(17,18)8-2-9(11)10(16)12-5-8/h2-6,15H,1H3,(H,12,16)(H,13,14). The first-order chi connectivity index (χ1) is 8.90. The fraction of sp³-hybridized carbons (Fsp3) is 0.200. The number of halogens is 1. The Bertz CT molecular complexity index is 723. The highest BCUT2D eigenvalue weighted by molar-refractivity contribution is 7.89. The summed E-state index contributed by atoms with van der Waals surface area (Å²) in [5.74, 6) is 0. The van der Waals surface area contributed by atoms with E-state index in [1.807, 2.05) is 0 Å². The smallest absolute Gasteiger partial charge is 0.266 e. The zero-order chi connectivity index (χ0) is 14.0. The predicted octanol–water partition coefficient (Wildman–Crippen LogP) is 0.791. The van der Waals surface area contributed by atoms with Crippen LogP contribution in [0, 0.1) is 0 Å². The second-order valence-electron chi connectivity index (χ2n) is 3.89. The number of sulfonamides is 1. The molecule has 0 bridgehead atoms. The monoisotopic (exact) mass is 302 g/mol. The Balaban J connectivity index is 2.27. The Morgan fingerprint density at radius 3 is 2.74 bits per heavy atom. The Labute approximate surface area is 114 Å². The van der Waals surface area contributed by atoms with Crippen LogP contribution in [0.15, 0.2) is 34.3 Å². The highest BCUT2D eigenvalue weighted by Gasteiger charge is 2.19. The Morgan fingerprint density at radius 1 is 1.42 bits per heavy atom. The van der Waals surface area contributed by atoms with Crippen molar-refractivity contribution >= 4 is 21.6 Å². The molecular formula is C10H11ClN4O3S. The third-order valence-electron chi connectivity index (χ3n) is 2.49. The summed E-state index contributed by atoms with van der Waals surface area (Å²) in [7, 11) is -3.77. The highest BCUT2D eigenvalue weighted by Crippen LogP contribution is 2.16. The predicted molar refractivity (Wildman–Crippen MR) is 69.4 cm³/mol. The molecule has 2 aromatic heterocycles. The van der Waals surface area contributed by atoms with Gasteiger partial charge < -0.3 is 4.98 Å². The third kappa shape index (κ3) is 3.03. The molecule has 0 saturated heterocycles. The van der Waals surface area contributed by atoms with Crippen molar-refractivity contribution in [1.82, 2.24) is 19.9 Å². The van der Waals surface area contributed by atoms with Gasteiger partial charge in [-0.1, -0.05) is 11.6 Å². The molecule has 7 nitrogen and oxygen atoms in total. The van der Waals surface area contributed by atoms with E-state index in [9.17, 15) is 13.2 Å². The lowest BCUT2D eigenvalue weighted by atomic mass is 10.2. The highest BCUT2D eigenvalue weighted by atomic mass is 35.5. The average Bonchev–Trinajstić information content (AvgIpc) is 2.85. The van der Waals surface area contributed by atoms with E-state index in [4.69, 9.17) is 11.6 Å². The summed E-state index contributed by atoms with van der Waals surface area (Å²) in [5, 5.41) is 6.16. The molecule has 0 aliphatic rings. The number of nitrogens with zero attached hydrogens (tertiary/aromatic N) is 1. The Hall–Kier alpha value is -1.64. The molecule has 0 aliphatic heterocycles. The van der Waals surface area contributed by atoms with Gasteiger partial charge >= 0.3 is 0 Å². The summed E-state index contributed by atoms with van der Waals surface area (Å²) in [5.41, 5.74) is 0.155. The first-order valence-corrected chi connectivity index (χ1v) is 7.15. The van der Waals surface area contributed by atoms with Gasteiger partial charge in [-0.2, -0.15) is 5.10 Å². The number of H-pyrrole nitrogens is 2. The quantitative estimate of drug-likeness (QED) is 0.776. The molecule has 0 spiro atoms. The van der Waals surface area contributed by atoms with Gasteiger partial charge in [-0.25, -0.2) is 13.1 Å². The van der Waals surface area contributed by atoms with Crippen LogP contribution in [0.1, 0.15) is 18.5 Å². The fourth-order valence-electron chi connectivity index (χ4n) is 1.46. The van der Waals surface area contributed by atoms with E-state index < -0.39 is 21.6 Å². The second-order valence-corrected chi connectivity index (χ2v) is 6.01. The minimum absolute atomic E-state index is 0.104. The van der Waals surface area contributed by atoms with Crippen LogP contribution < -0.4 is 10.3 Å². The number of aromatic amines is 2. The molecule has 0 amide bonds. The largest absolute Gasteiger partial charge is 0.326 e. The maximum atomic E-state index is 12.1. The van der Waals surface area contributed by atoms with Gasteiger partial charge in [-0.05, 0) is 13.0 Å². The van der Waals surface area contributed by atoms with E-state index >= 15 is 0 Å². The van der Waals surface area contributed by atoms with Gasteiger partial charge in [0.05, 0.1) is 11.1 Å². The van der Waals surface area contributed by atoms with E-state index in [-0.39, 0.29) is 9.92 Å². The van der Waals surface area contributed by atoms with Gasteiger partial charge in [0.25, 0.3) is 5.56 Å². The molecule has 0 aliphatic carbocycles. The zero-order valence-corrected chi connectivity index (χ0v) is 11.4. The molecule has 0 fully saturated rings. The van der Waals surface area contributed by atoms with Crippen LogP contribution in [0.5, 0.6) is 0 Å². The summed E-state index contributed by atoms with van der Waals surface area (Å²) < 4.78 is 26.6. The summed E-state index contributed by atoms with van der Waals surface area (Å²) >= 11 is 5.61. The summed E-state index contributed by atoms with van der Waals surface area (Å²) in [6.07, 6.45) is 4.21. The number of pyridine rings is 1. The number of hydrogen-bond donors (Lipinski definition) is 3. The summed E-state index contributed by atoms with van der Waals surface area (Å²) in [6, 6.07) is 0.639. The number of rotatable bonds is 4. The number of hydrogen-bond acceptors (Lipinski definition) is 4. The minimum atomic E-state index is -3.77. The van der Waals surface area contributed by atoms with Gasteiger partial charge in [0.15, 0.2) is 0 Å². The topological polar surface area (TPSA) is 108 Å². The fourth-order valence-corrected chi connectivity index (χ4v) is 2.92. The van der Waals surface area contributed by atoms with Crippen LogP contribution >= 0.6 is 11.6 Å². The molecule has 19 heavy (non-hydrogen) atoms. The van der Waals surface area contributed by atoms with Crippen LogP contribution in [0.3, 0.4) is 0 Å². The normalized spacial score (nSPS) is 13.4. The van der Waals surface area contributed by atoms with E-state index in [2.05, 4.69) is 19.9 Å². The molecule has 102 valence electrons. The molecule has 1 atom stereocenters. The van der Waals surface area contributed by atoms with Crippen LogP contribution in [-0.2, 0) is 10.0 Å². The van der Waals surface area contributed by atoms with E-state index in [0.717, 1.165) is 12.3 Å². The first kappa shape index (κ1) is 13.8. The van der Waals surface area contributed by atoms with Gasteiger partial charge in [-0.3, -0.25) is 9.89 Å². The van der Waals surface area contributed by atoms with Crippen LogP contribution in [0.25, 0.3) is 0 Å². The number of aromatic nitrogens is 3. The molecule has 2 heterocycles. The summed E-state index contributed by atoms with van der Waals surface area (Å²) in [4.78, 5) is 13.2. The molecule has 1 unspecified atom stereocenters. The van der Waals surface area contributed by atoms with Crippen LogP contribution in [0.2, 0.25) is 5.02 Å². The molecule has 0 aromatic carbocycles. The molecule has 0 saturated carbocycles. The third-order valence-corrected chi connectivity index (χ3v) is 4.29. The van der Waals surface area contributed by atoms with Crippen molar-refractivity contribution in [3.8, 4) is 0 Å². The lowest BCUT2D eigenvalue weighted by molar-refractivity contribution is 0.566. The lowest BCUT2D eigenvalue weighted by Gasteiger charge is -2.12. The molecule has 3 N–H and O–H groups in total. The van der Waals surface area contributed by atoms with Crippen molar-refractivity contribution in [3.63, 3.8) is 0 Å². The van der Waals surface area contributed by atoms with Gasteiger partial charge in [0.2, 0.25) is 10.0 Å². The molecule has 9 heteroatoms. The minimum Gasteiger partial charge on any atom is -0.326 e. The van der Waals surface area contributed by atoms with Crippen LogP contribution in [0.4, 0.5) is 0 Å². The molecule has 0 radical (unpaired) electrons. The van der Waals surface area contributed by atoms with Crippen molar-refractivity contribution in [2.24, 2.45) is 0 Å². The van der Waals surface area contributed by atoms with E-state index in [0.29, 0.717) is 5.56 Å². The van der Waals surface area contributed by atoms with Gasteiger partial charge in [0.1, 0.15) is 5.02 Å². The second kappa shape index (κ2) is 5.16. The van der Waals surface area contributed by atoms with Gasteiger partial charge in [-0.15, -0.1) is 0 Å². The van der Waals surface area contributed by atoms with Crippen LogP contribution in [-0.4, -0.2) is 23.6 Å². The van der Waals surface area contributed by atoms with Crippen molar-refractivity contribution in [3.05, 3.63) is 45.6 Å². The SMILES string of the molecule is CC(NS(=O)(=O)c1c[nH]c(=O)c(Cl)c1)c1cn[nH]c1. The van der Waals surface area contributed by atoms with Crippen molar-refractivity contribution in [2.45, 2.75) is 17.9 Å². The number of nitrogens with one attached hydrogen (secondary N) is 3. The Kier molecular flexibility index (Phi) is 3.74. The molecule has 2 aromatic rings. The zero-order valence-electron chi connectivity index (χ0n) is 9.84. The average molecular weight is 303 g/mol. The van der Waals surface area contributed by atoms with E-state index in [1.165, 1.54) is 6.20 Å². The van der Waals surface area contributed by atoms with E-state index in [1.54, 1.807) is 13.1 Å². The summed E-state index contributed by atoms with van der Waals surface area (Å²) in [6.45, 7) is 1.68. The van der Waals surface area contributed by atoms with Crippen molar-refractivity contribution in [2.75, 3.05) is 0 Å². The molecule has 2 rings (SSSR count). The maximum Gasteiger partial charge on any atom is 0.266 e. The maximum absolute atomic E-state index is 12.1. The van der Waals surface area contributed by atoms with Gasteiger partial charge in [0, 0.05) is 24.0 Å².